The van der Waals surface area contributed by atoms with E-state index in [1.54, 1.807) is 13.0 Å². The van der Waals surface area contributed by atoms with E-state index in [4.69, 9.17) is 36.9 Å². The number of hydrogen-bond donors (Lipinski definition) is 3. The summed E-state index contributed by atoms with van der Waals surface area (Å²) >= 11 is 4.91. The summed E-state index contributed by atoms with van der Waals surface area (Å²) in [5, 5.41) is 20.5. The summed E-state index contributed by atoms with van der Waals surface area (Å²) in [5.74, 6) is -0.685. The summed E-state index contributed by atoms with van der Waals surface area (Å²) in [7, 11) is -4.30. The number of phosphoric ester groups is 1. The van der Waals surface area contributed by atoms with E-state index >= 15 is 4.39 Å². The maximum Gasteiger partial charge on any atom is 0.530 e. The molecule has 172 valence electrons. The molecule has 13 heteroatoms. The highest BCUT2D eigenvalue weighted by atomic mass is 32.1. The second kappa shape index (κ2) is 9.25. The first-order valence-corrected chi connectivity index (χ1v) is 11.1. The van der Waals surface area contributed by atoms with Crippen LogP contribution >= 0.6 is 20.0 Å². The van der Waals surface area contributed by atoms with Gasteiger partial charge in [0.2, 0.25) is 0 Å². The van der Waals surface area contributed by atoms with Crippen LogP contribution in [0.3, 0.4) is 0 Å². The second-order valence-corrected chi connectivity index (χ2v) is 8.76. The number of terminal acetylenes is 1. The molecular weight excluding hydrogens is 466 g/mol. The van der Waals surface area contributed by atoms with Crippen molar-refractivity contribution in [3.8, 4) is 12.3 Å². The lowest BCUT2D eigenvalue weighted by Crippen LogP contribution is -2.43. The molecular formula is C19H20FN2O8PS. The van der Waals surface area contributed by atoms with Crippen molar-refractivity contribution in [2.45, 2.75) is 31.2 Å². The fraction of sp³-hybridized carbons (Fsp3) is 0.368. The molecule has 32 heavy (non-hydrogen) atoms. The maximum absolute atomic E-state index is 15.4. The first kappa shape index (κ1) is 24.3. The molecule has 3 N–H and O–H groups in total. The second-order valence-electron chi connectivity index (χ2n) is 6.76. The van der Waals surface area contributed by atoms with E-state index in [1.807, 2.05) is 0 Å². The number of nitrogens with zero attached hydrogens (tertiary/aromatic N) is 1. The van der Waals surface area contributed by atoms with Gasteiger partial charge in [0.05, 0.1) is 12.2 Å². The molecule has 3 rings (SSSR count). The Bertz CT molecular complexity index is 1180. The van der Waals surface area contributed by atoms with Gasteiger partial charge in [-0.15, -0.1) is 6.42 Å². The number of H-pyrrole nitrogens is 1. The zero-order valence-electron chi connectivity index (χ0n) is 16.8. The quantitative estimate of drug-likeness (QED) is 0.314. The summed E-state index contributed by atoms with van der Waals surface area (Å²) in [6.07, 6.45) is 5.16. The lowest BCUT2D eigenvalue weighted by atomic mass is 10.1. The number of ether oxygens (including phenoxy) is 1. The van der Waals surface area contributed by atoms with Crippen molar-refractivity contribution in [2.24, 2.45) is 0 Å². The lowest BCUT2D eigenvalue weighted by molar-refractivity contribution is -0.205. The van der Waals surface area contributed by atoms with Crippen molar-refractivity contribution in [2.75, 3.05) is 13.2 Å². The van der Waals surface area contributed by atoms with Crippen molar-refractivity contribution >= 4 is 20.0 Å². The Balaban J connectivity index is 1.82. The third-order valence-corrected chi connectivity index (χ3v) is 6.29. The molecule has 0 aliphatic carbocycles. The highest BCUT2D eigenvalue weighted by Gasteiger charge is 2.57. The molecule has 0 spiro atoms. The molecule has 0 saturated carbocycles. The van der Waals surface area contributed by atoms with Crippen LogP contribution in [-0.2, 0) is 22.9 Å². The van der Waals surface area contributed by atoms with E-state index in [0.717, 1.165) is 10.8 Å². The first-order valence-electron chi connectivity index (χ1n) is 9.19. The van der Waals surface area contributed by atoms with Gasteiger partial charge in [0.25, 0.3) is 5.85 Å². The Morgan fingerprint density at radius 1 is 1.59 bits per heavy atom. The Morgan fingerprint density at radius 3 is 2.94 bits per heavy atom. The van der Waals surface area contributed by atoms with Gasteiger partial charge in [0, 0.05) is 11.8 Å². The monoisotopic (exact) mass is 486 g/mol. The minimum Gasteiger partial charge on any atom is -0.404 e. The maximum atomic E-state index is 15.4. The Kier molecular flexibility index (Phi) is 7.02. The summed E-state index contributed by atoms with van der Waals surface area (Å²) in [4.78, 5) is 14.5. The number of halogens is 1. The van der Waals surface area contributed by atoms with Crippen LogP contribution in [0.2, 0.25) is 0 Å². The standard InChI is InChI=1S/C19H20FN2O8PS/c1-4-7-13-12(6-3)9-27-31(26,30-13)28-10-19(20)15(24)14(23)17(29-19)22-8-11(5-2)16(32)21-18(22)25/h2,4,6-8,14-15,17,23-24H,3,9-10H2,1H3,(H,21,25,32)/b7-4-/t14-,15+,17-,19-,31?/m1/s1. The highest BCUT2D eigenvalue weighted by Crippen LogP contribution is 2.56. The number of alkyl halides is 1. The largest absolute Gasteiger partial charge is 0.530 e. The van der Waals surface area contributed by atoms with Gasteiger partial charge in [0.1, 0.15) is 29.2 Å². The van der Waals surface area contributed by atoms with Gasteiger partial charge in [-0.1, -0.05) is 36.9 Å². The molecule has 3 heterocycles. The molecule has 1 aromatic rings. The average Bonchev–Trinajstić information content (AvgIpc) is 2.98. The Labute approximate surface area is 187 Å². The van der Waals surface area contributed by atoms with Gasteiger partial charge >= 0.3 is 13.5 Å². The van der Waals surface area contributed by atoms with Gasteiger partial charge in [-0.3, -0.25) is 18.6 Å². The number of aromatic nitrogens is 2. The SMILES string of the molecule is C#Cc1cn([C@@H]2O[C@](F)(COP3(=O)OCC(C=C)=C(/C=C\C)O3)[C@@H](O)[C@H]2O)c(=O)[nH]c1=S. The summed E-state index contributed by atoms with van der Waals surface area (Å²) < 4.78 is 49.3. The van der Waals surface area contributed by atoms with Crippen LogP contribution in [-0.4, -0.2) is 51.0 Å². The topological polar surface area (TPSA) is 132 Å². The third-order valence-electron chi connectivity index (χ3n) is 4.66. The molecule has 2 aliphatic heterocycles. The van der Waals surface area contributed by atoms with Gasteiger partial charge in [0.15, 0.2) is 6.23 Å². The normalized spacial score (nSPS) is 32.7. The minimum absolute atomic E-state index is 0.0368. The van der Waals surface area contributed by atoms with Crippen molar-refractivity contribution < 1.29 is 37.5 Å². The minimum atomic E-state index is -4.30. The lowest BCUT2D eigenvalue weighted by Gasteiger charge is -2.28. The Hall–Kier alpha value is -2.36. The number of nitrogens with one attached hydrogen (secondary N) is 1. The van der Waals surface area contributed by atoms with Crippen molar-refractivity contribution in [1.29, 1.82) is 0 Å². The van der Waals surface area contributed by atoms with Crippen LogP contribution in [0.15, 0.2) is 47.1 Å². The highest BCUT2D eigenvalue weighted by molar-refractivity contribution is 7.71. The van der Waals surface area contributed by atoms with Gasteiger partial charge < -0.3 is 19.5 Å². The molecule has 1 aromatic heterocycles. The molecule has 1 unspecified atom stereocenters. The third kappa shape index (κ3) is 4.55. The number of hydrogen-bond acceptors (Lipinski definition) is 9. The van der Waals surface area contributed by atoms with Crippen LogP contribution < -0.4 is 5.69 Å². The number of aromatic amines is 1. The van der Waals surface area contributed by atoms with Crippen LogP contribution in [0, 0.1) is 17.0 Å². The molecule has 2 aliphatic rings. The molecule has 1 fully saturated rings. The molecule has 5 atom stereocenters. The number of rotatable bonds is 6. The molecule has 0 bridgehead atoms. The molecule has 0 amide bonds. The average molecular weight is 486 g/mol. The Morgan fingerprint density at radius 2 is 2.31 bits per heavy atom. The van der Waals surface area contributed by atoms with E-state index in [0.29, 0.717) is 5.57 Å². The predicted molar refractivity (Wildman–Crippen MR) is 112 cm³/mol. The number of aliphatic hydroxyl groups excluding tert-OH is 2. The van der Waals surface area contributed by atoms with Gasteiger partial charge in [-0.05, 0) is 13.0 Å². The summed E-state index contributed by atoms with van der Waals surface area (Å²) in [6, 6.07) is 0. The van der Waals surface area contributed by atoms with E-state index in [-0.39, 0.29) is 22.6 Å². The fourth-order valence-corrected chi connectivity index (χ4v) is 4.40. The smallest absolute Gasteiger partial charge is 0.404 e. The predicted octanol–water partition coefficient (Wildman–Crippen LogP) is 1.99. The van der Waals surface area contributed by atoms with Crippen molar-refractivity contribution in [3.05, 3.63) is 63.0 Å². The van der Waals surface area contributed by atoms with Gasteiger partial charge in [-0.25, -0.2) is 13.8 Å². The molecule has 1 saturated heterocycles. The van der Waals surface area contributed by atoms with Gasteiger partial charge in [-0.2, -0.15) is 0 Å². The fourth-order valence-electron chi connectivity index (χ4n) is 2.97. The van der Waals surface area contributed by atoms with Crippen LogP contribution in [0.25, 0.3) is 0 Å². The summed E-state index contributed by atoms with van der Waals surface area (Å²) in [5.41, 5.74) is -0.293. The zero-order valence-corrected chi connectivity index (χ0v) is 18.5. The van der Waals surface area contributed by atoms with E-state index < -0.39 is 44.4 Å². The van der Waals surface area contributed by atoms with Crippen molar-refractivity contribution in [1.82, 2.24) is 9.55 Å². The molecule has 10 nitrogen and oxygen atoms in total. The van der Waals surface area contributed by atoms with E-state index in [9.17, 15) is 19.6 Å². The summed E-state index contributed by atoms with van der Waals surface area (Å²) in [6.45, 7) is 3.96. The number of allylic oxidation sites excluding steroid dienone is 2. The number of aliphatic hydroxyl groups is 2. The van der Waals surface area contributed by atoms with E-state index in [1.165, 1.54) is 12.2 Å². The van der Waals surface area contributed by atoms with Crippen molar-refractivity contribution in [3.63, 3.8) is 0 Å². The first-order chi connectivity index (χ1) is 15.1. The van der Waals surface area contributed by atoms with Crippen LogP contribution in [0.1, 0.15) is 18.7 Å². The molecule has 0 radical (unpaired) electrons. The van der Waals surface area contributed by atoms with Crippen LogP contribution in [0.4, 0.5) is 4.39 Å². The zero-order chi connectivity index (χ0) is 23.7. The number of phosphoric acid groups is 1. The van der Waals surface area contributed by atoms with Crippen LogP contribution in [0.5, 0.6) is 0 Å². The molecule has 0 aromatic carbocycles. The van der Waals surface area contributed by atoms with E-state index in [2.05, 4.69) is 17.5 Å².